The molecule has 1 rings (SSSR count). The summed E-state index contributed by atoms with van der Waals surface area (Å²) in [7, 11) is 0. The molecule has 0 aromatic heterocycles. The molecule has 0 spiro atoms. The fourth-order valence-corrected chi connectivity index (χ4v) is 1.44. The van der Waals surface area contributed by atoms with Crippen LogP contribution in [-0.4, -0.2) is 29.6 Å². The van der Waals surface area contributed by atoms with Crippen LogP contribution in [0.1, 0.15) is 19.8 Å². The molecule has 1 aliphatic carbocycles. The molecule has 0 heterocycles. The lowest BCUT2D eigenvalue weighted by atomic mass is 9.88. The summed E-state index contributed by atoms with van der Waals surface area (Å²) in [6.45, 7) is 2.05. The van der Waals surface area contributed by atoms with Gasteiger partial charge in [-0.1, -0.05) is 6.08 Å². The first-order chi connectivity index (χ1) is 6.63. The average molecular weight is 198 g/mol. The van der Waals surface area contributed by atoms with E-state index >= 15 is 0 Å². The van der Waals surface area contributed by atoms with Crippen molar-refractivity contribution in [1.29, 1.82) is 0 Å². The van der Waals surface area contributed by atoms with E-state index in [-0.39, 0.29) is 30.5 Å². The number of ether oxygens (including phenoxy) is 1. The summed E-state index contributed by atoms with van der Waals surface area (Å²) in [6, 6.07) is 0. The van der Waals surface area contributed by atoms with Gasteiger partial charge in [0, 0.05) is 12.3 Å². The molecule has 78 valence electrons. The van der Waals surface area contributed by atoms with Gasteiger partial charge < -0.3 is 9.84 Å². The van der Waals surface area contributed by atoms with Gasteiger partial charge in [0.15, 0.2) is 5.78 Å². The minimum atomic E-state index is -0.711. The zero-order chi connectivity index (χ0) is 10.6. The number of ketones is 1. The maximum Gasteiger partial charge on any atom is 0.306 e. The Morgan fingerprint density at radius 3 is 3.07 bits per heavy atom. The minimum Gasteiger partial charge on any atom is -0.466 e. The normalized spacial score (nSPS) is 26.3. The Balaban J connectivity index is 2.48. The highest BCUT2D eigenvalue weighted by Crippen LogP contribution is 2.20. The topological polar surface area (TPSA) is 63.6 Å². The lowest BCUT2D eigenvalue weighted by Gasteiger charge is -2.21. The molecule has 4 nitrogen and oxygen atoms in total. The molecular formula is C10H14O4. The number of carbonyl (C=O) groups excluding carboxylic acids is 2. The van der Waals surface area contributed by atoms with E-state index in [4.69, 9.17) is 4.74 Å². The van der Waals surface area contributed by atoms with Gasteiger partial charge in [-0.3, -0.25) is 9.59 Å². The number of hydrogen-bond donors (Lipinski definition) is 1. The molecule has 2 atom stereocenters. The summed E-state index contributed by atoms with van der Waals surface area (Å²) in [6.07, 6.45) is 2.39. The van der Waals surface area contributed by atoms with Gasteiger partial charge >= 0.3 is 5.97 Å². The number of esters is 1. The standard InChI is InChI=1S/C10H14O4/c1-2-14-10(13)6-7-5-8(11)3-4-9(7)12/h3-4,7,9,12H,2,5-6H2,1H3/t7-,9+/m0/s1. The van der Waals surface area contributed by atoms with Crippen molar-refractivity contribution in [3.8, 4) is 0 Å². The van der Waals surface area contributed by atoms with Crippen molar-refractivity contribution in [2.75, 3.05) is 6.61 Å². The zero-order valence-corrected chi connectivity index (χ0v) is 8.10. The highest BCUT2D eigenvalue weighted by molar-refractivity contribution is 5.91. The van der Waals surface area contributed by atoms with E-state index in [1.54, 1.807) is 6.92 Å². The van der Waals surface area contributed by atoms with Gasteiger partial charge in [0.05, 0.1) is 19.1 Å². The highest BCUT2D eigenvalue weighted by Gasteiger charge is 2.26. The Hall–Kier alpha value is -1.16. The lowest BCUT2D eigenvalue weighted by molar-refractivity contribution is -0.145. The largest absolute Gasteiger partial charge is 0.466 e. The minimum absolute atomic E-state index is 0.0513. The van der Waals surface area contributed by atoms with E-state index in [2.05, 4.69) is 0 Å². The molecule has 0 aliphatic heterocycles. The van der Waals surface area contributed by atoms with E-state index in [0.717, 1.165) is 0 Å². The second-order valence-corrected chi connectivity index (χ2v) is 3.29. The Morgan fingerprint density at radius 1 is 1.71 bits per heavy atom. The SMILES string of the molecule is CCOC(=O)C[C@@H]1CC(=O)C=C[C@H]1O. The van der Waals surface area contributed by atoms with Crippen LogP contribution in [-0.2, 0) is 14.3 Å². The Morgan fingerprint density at radius 2 is 2.43 bits per heavy atom. The van der Waals surface area contributed by atoms with Crippen molar-refractivity contribution in [2.45, 2.75) is 25.9 Å². The number of hydrogen-bond acceptors (Lipinski definition) is 4. The van der Waals surface area contributed by atoms with Gasteiger partial charge in [-0.2, -0.15) is 0 Å². The number of rotatable bonds is 3. The highest BCUT2D eigenvalue weighted by atomic mass is 16.5. The summed E-state index contributed by atoms with van der Waals surface area (Å²) in [5.41, 5.74) is 0. The fourth-order valence-electron chi connectivity index (χ4n) is 1.44. The smallest absolute Gasteiger partial charge is 0.306 e. The molecule has 0 unspecified atom stereocenters. The van der Waals surface area contributed by atoms with Gasteiger partial charge in [-0.25, -0.2) is 0 Å². The second-order valence-electron chi connectivity index (χ2n) is 3.29. The molecule has 0 saturated heterocycles. The van der Waals surface area contributed by atoms with Crippen LogP contribution in [0.2, 0.25) is 0 Å². The Labute approximate surface area is 82.6 Å². The summed E-state index contributed by atoms with van der Waals surface area (Å²) in [5.74, 6) is -0.740. The van der Waals surface area contributed by atoms with Gasteiger partial charge in [0.1, 0.15) is 0 Å². The monoisotopic (exact) mass is 198 g/mol. The quantitative estimate of drug-likeness (QED) is 0.668. The van der Waals surface area contributed by atoms with Crippen molar-refractivity contribution in [1.82, 2.24) is 0 Å². The van der Waals surface area contributed by atoms with Gasteiger partial charge in [0.25, 0.3) is 0 Å². The maximum atomic E-state index is 11.1. The number of aliphatic hydroxyl groups is 1. The van der Waals surface area contributed by atoms with E-state index in [9.17, 15) is 14.7 Å². The van der Waals surface area contributed by atoms with Crippen molar-refractivity contribution >= 4 is 11.8 Å². The first kappa shape index (κ1) is 10.9. The number of aliphatic hydroxyl groups excluding tert-OH is 1. The molecular weight excluding hydrogens is 184 g/mol. The summed E-state index contributed by atoms with van der Waals surface area (Å²) in [4.78, 5) is 22.1. The molecule has 0 aromatic carbocycles. The number of allylic oxidation sites excluding steroid dienone is 1. The Bertz CT molecular complexity index is 257. The molecule has 4 heteroatoms. The first-order valence-electron chi connectivity index (χ1n) is 4.68. The van der Waals surface area contributed by atoms with Crippen LogP contribution in [0.3, 0.4) is 0 Å². The molecule has 0 radical (unpaired) electrons. The van der Waals surface area contributed by atoms with Crippen LogP contribution in [0.25, 0.3) is 0 Å². The lowest BCUT2D eigenvalue weighted by Crippen LogP contribution is -2.27. The summed E-state index contributed by atoms with van der Waals surface area (Å²) in [5, 5.41) is 9.46. The Kier molecular flexibility index (Phi) is 3.83. The van der Waals surface area contributed by atoms with Crippen molar-refractivity contribution in [3.05, 3.63) is 12.2 Å². The molecule has 1 aliphatic rings. The van der Waals surface area contributed by atoms with Crippen LogP contribution in [0.15, 0.2) is 12.2 Å². The third-order valence-electron chi connectivity index (χ3n) is 2.16. The first-order valence-corrected chi connectivity index (χ1v) is 4.68. The number of carbonyl (C=O) groups is 2. The molecule has 1 N–H and O–H groups in total. The van der Waals surface area contributed by atoms with Crippen LogP contribution < -0.4 is 0 Å². The van der Waals surface area contributed by atoms with Gasteiger partial charge in [-0.15, -0.1) is 0 Å². The van der Waals surface area contributed by atoms with E-state index in [0.29, 0.717) is 6.61 Å². The van der Waals surface area contributed by atoms with Crippen molar-refractivity contribution in [2.24, 2.45) is 5.92 Å². The van der Waals surface area contributed by atoms with Crippen LogP contribution >= 0.6 is 0 Å². The fraction of sp³-hybridized carbons (Fsp3) is 0.600. The summed E-state index contributed by atoms with van der Waals surface area (Å²) >= 11 is 0. The molecule has 14 heavy (non-hydrogen) atoms. The predicted molar refractivity (Wildman–Crippen MR) is 49.5 cm³/mol. The molecule has 0 aromatic rings. The predicted octanol–water partition coefficient (Wildman–Crippen LogP) is 0.446. The molecule has 0 fully saturated rings. The van der Waals surface area contributed by atoms with E-state index in [1.165, 1.54) is 12.2 Å². The average Bonchev–Trinajstić information content (AvgIpc) is 2.12. The van der Waals surface area contributed by atoms with Gasteiger partial charge in [0.2, 0.25) is 0 Å². The maximum absolute atomic E-state index is 11.1. The third-order valence-corrected chi connectivity index (χ3v) is 2.16. The molecule has 0 saturated carbocycles. The van der Waals surface area contributed by atoms with Gasteiger partial charge in [-0.05, 0) is 13.0 Å². The van der Waals surface area contributed by atoms with Crippen LogP contribution in [0, 0.1) is 5.92 Å². The van der Waals surface area contributed by atoms with Crippen LogP contribution in [0.5, 0.6) is 0 Å². The molecule has 0 bridgehead atoms. The zero-order valence-electron chi connectivity index (χ0n) is 8.10. The van der Waals surface area contributed by atoms with Crippen LogP contribution in [0.4, 0.5) is 0 Å². The van der Waals surface area contributed by atoms with Crippen molar-refractivity contribution in [3.63, 3.8) is 0 Å². The van der Waals surface area contributed by atoms with E-state index < -0.39 is 6.10 Å². The van der Waals surface area contributed by atoms with Crippen molar-refractivity contribution < 1.29 is 19.4 Å². The third kappa shape index (κ3) is 2.96. The second kappa shape index (κ2) is 4.91. The van der Waals surface area contributed by atoms with E-state index in [1.807, 2.05) is 0 Å². The molecule has 0 amide bonds. The summed E-state index contributed by atoms with van der Waals surface area (Å²) < 4.78 is 4.74.